The molecule has 3 fully saturated rings. The van der Waals surface area contributed by atoms with Crippen LogP contribution in [0.3, 0.4) is 0 Å². The van der Waals surface area contributed by atoms with E-state index in [2.05, 4.69) is 10.9 Å². The van der Waals surface area contributed by atoms with Gasteiger partial charge in [0.25, 0.3) is 0 Å². The third-order valence-electron chi connectivity index (χ3n) is 2.83. The third-order valence-corrected chi connectivity index (χ3v) is 2.83. The summed E-state index contributed by atoms with van der Waals surface area (Å²) in [5.74, 6) is 0. The number of epoxide rings is 1. The Hall–Kier alpha value is -0.120. The van der Waals surface area contributed by atoms with Crippen molar-refractivity contribution in [2.75, 3.05) is 6.61 Å². The van der Waals surface area contributed by atoms with Crippen molar-refractivity contribution in [1.82, 2.24) is 10.9 Å². The summed E-state index contributed by atoms with van der Waals surface area (Å²) in [7, 11) is 0. The first-order valence-corrected chi connectivity index (χ1v) is 3.57. The van der Waals surface area contributed by atoms with Crippen LogP contribution in [0.25, 0.3) is 0 Å². The minimum absolute atomic E-state index is 0.250. The molecule has 0 aromatic heterocycles. The Balaban J connectivity index is 2.03. The molecule has 3 rings (SSSR count). The molecule has 3 nitrogen and oxygen atoms in total. The van der Waals surface area contributed by atoms with Gasteiger partial charge < -0.3 is 4.74 Å². The van der Waals surface area contributed by atoms with Gasteiger partial charge in [-0.25, -0.2) is 0 Å². The summed E-state index contributed by atoms with van der Waals surface area (Å²) in [6.07, 6.45) is 2.58. The molecule has 2 unspecified atom stereocenters. The van der Waals surface area contributed by atoms with E-state index in [1.165, 1.54) is 12.8 Å². The molecule has 3 aliphatic rings. The average Bonchev–Trinajstić information content (AvgIpc) is 2.53. The number of hydrogen-bond donors (Lipinski definition) is 2. The highest BCUT2D eigenvalue weighted by atomic mass is 16.6. The van der Waals surface area contributed by atoms with Crippen molar-refractivity contribution in [2.45, 2.75) is 30.5 Å². The highest BCUT2D eigenvalue weighted by Crippen LogP contribution is 2.46. The van der Waals surface area contributed by atoms with E-state index in [1.54, 1.807) is 0 Å². The molecule has 0 amide bonds. The van der Waals surface area contributed by atoms with Crippen LogP contribution in [0, 0.1) is 0 Å². The normalized spacial score (nSPS) is 61.3. The summed E-state index contributed by atoms with van der Waals surface area (Å²) in [5.41, 5.74) is 6.72. The topological polar surface area (TPSA) is 36.6 Å². The second-order valence-electron chi connectivity index (χ2n) is 3.21. The Morgan fingerprint density at radius 3 is 2.00 bits per heavy atom. The number of rotatable bonds is 0. The Morgan fingerprint density at radius 1 is 1.22 bits per heavy atom. The summed E-state index contributed by atoms with van der Waals surface area (Å²) >= 11 is 0. The van der Waals surface area contributed by atoms with Gasteiger partial charge in [0.05, 0.1) is 18.7 Å². The van der Waals surface area contributed by atoms with Crippen molar-refractivity contribution in [3.8, 4) is 0 Å². The lowest BCUT2D eigenvalue weighted by Gasteiger charge is -2.09. The van der Waals surface area contributed by atoms with Crippen molar-refractivity contribution in [1.29, 1.82) is 0 Å². The lowest BCUT2D eigenvalue weighted by Crippen LogP contribution is -2.37. The molecule has 0 radical (unpaired) electrons. The van der Waals surface area contributed by atoms with Crippen LogP contribution in [-0.2, 0) is 4.74 Å². The van der Waals surface area contributed by atoms with Gasteiger partial charge in [0.2, 0.25) is 0 Å². The van der Waals surface area contributed by atoms with Crippen LogP contribution in [0.4, 0.5) is 0 Å². The van der Waals surface area contributed by atoms with Gasteiger partial charge in [-0.05, 0) is 12.8 Å². The fourth-order valence-electron chi connectivity index (χ4n) is 2.14. The zero-order valence-electron chi connectivity index (χ0n) is 5.18. The van der Waals surface area contributed by atoms with Crippen LogP contribution >= 0.6 is 0 Å². The van der Waals surface area contributed by atoms with Gasteiger partial charge in [-0.2, -0.15) is 0 Å². The largest absolute Gasteiger partial charge is 0.366 e. The summed E-state index contributed by atoms with van der Waals surface area (Å²) < 4.78 is 5.42. The monoisotopic (exact) mass is 126 g/mol. The van der Waals surface area contributed by atoms with E-state index >= 15 is 0 Å². The molecule has 2 N–H and O–H groups in total. The zero-order valence-corrected chi connectivity index (χ0v) is 5.18. The van der Waals surface area contributed by atoms with Crippen LogP contribution < -0.4 is 10.9 Å². The standard InChI is InChI=1S/C6H10N2O/c1-2-5-6(3-9-6)4(1)7-8-5/h4-5,7-8H,1-3H2. The summed E-state index contributed by atoms with van der Waals surface area (Å²) in [6.45, 7) is 0.975. The predicted molar refractivity (Wildman–Crippen MR) is 31.8 cm³/mol. The van der Waals surface area contributed by atoms with Crippen LogP contribution in [0.1, 0.15) is 12.8 Å². The lowest BCUT2D eigenvalue weighted by atomic mass is 10.1. The third kappa shape index (κ3) is 0.377. The Bertz CT molecular complexity index is 133. The summed E-state index contributed by atoms with van der Waals surface area (Å²) in [5, 5.41) is 0. The first-order chi connectivity index (χ1) is 4.42. The average molecular weight is 126 g/mol. The molecular formula is C6H10N2O. The first kappa shape index (κ1) is 4.66. The van der Waals surface area contributed by atoms with Gasteiger partial charge in [-0.15, -0.1) is 0 Å². The molecular weight excluding hydrogens is 116 g/mol. The van der Waals surface area contributed by atoms with Crippen molar-refractivity contribution in [3.63, 3.8) is 0 Å². The molecule has 50 valence electrons. The molecule has 2 heterocycles. The first-order valence-electron chi connectivity index (χ1n) is 3.57. The summed E-state index contributed by atoms with van der Waals surface area (Å²) in [6, 6.07) is 1.23. The predicted octanol–water partition coefficient (Wildman–Crippen LogP) is -0.606. The molecule has 2 saturated heterocycles. The van der Waals surface area contributed by atoms with Gasteiger partial charge in [-0.1, -0.05) is 0 Å². The SMILES string of the molecule is C1CC2NNC1C21CO1. The molecule has 0 aromatic carbocycles. The lowest BCUT2D eigenvalue weighted by molar-refractivity contribution is 0.292. The molecule has 2 bridgehead atoms. The Morgan fingerprint density at radius 2 is 1.78 bits per heavy atom. The molecule has 1 aliphatic carbocycles. The van der Waals surface area contributed by atoms with Gasteiger partial charge in [0.1, 0.15) is 5.60 Å². The number of hydrazine groups is 1. The van der Waals surface area contributed by atoms with Crippen molar-refractivity contribution in [2.24, 2.45) is 0 Å². The molecule has 2 aliphatic heterocycles. The van der Waals surface area contributed by atoms with Crippen molar-refractivity contribution in [3.05, 3.63) is 0 Å². The van der Waals surface area contributed by atoms with Crippen molar-refractivity contribution >= 4 is 0 Å². The molecule has 3 heteroatoms. The minimum atomic E-state index is 0.250. The second kappa shape index (κ2) is 1.17. The highest BCUT2D eigenvalue weighted by Gasteiger charge is 2.64. The van der Waals surface area contributed by atoms with Gasteiger partial charge >= 0.3 is 0 Å². The van der Waals surface area contributed by atoms with Crippen LogP contribution in [0.2, 0.25) is 0 Å². The quantitative estimate of drug-likeness (QED) is 0.425. The van der Waals surface area contributed by atoms with E-state index < -0.39 is 0 Å². The maximum Gasteiger partial charge on any atom is 0.125 e. The van der Waals surface area contributed by atoms with Crippen LogP contribution in [0.15, 0.2) is 0 Å². The fraction of sp³-hybridized carbons (Fsp3) is 1.00. The van der Waals surface area contributed by atoms with E-state index in [1.807, 2.05) is 0 Å². The van der Waals surface area contributed by atoms with E-state index in [0.717, 1.165) is 6.61 Å². The number of hydrogen-bond acceptors (Lipinski definition) is 3. The molecule has 1 spiro atoms. The van der Waals surface area contributed by atoms with Gasteiger partial charge in [0.15, 0.2) is 0 Å². The van der Waals surface area contributed by atoms with E-state index in [4.69, 9.17) is 4.74 Å². The van der Waals surface area contributed by atoms with E-state index in [0.29, 0.717) is 12.1 Å². The molecule has 0 aromatic rings. The van der Waals surface area contributed by atoms with E-state index in [-0.39, 0.29) is 5.60 Å². The highest BCUT2D eigenvalue weighted by molar-refractivity contribution is 5.18. The van der Waals surface area contributed by atoms with Crippen molar-refractivity contribution < 1.29 is 4.74 Å². The van der Waals surface area contributed by atoms with Gasteiger partial charge in [0, 0.05) is 0 Å². The Kier molecular flexibility index (Phi) is 0.604. The molecule has 9 heavy (non-hydrogen) atoms. The zero-order chi connectivity index (χ0) is 5.90. The summed E-state index contributed by atoms with van der Waals surface area (Å²) in [4.78, 5) is 0. The minimum Gasteiger partial charge on any atom is -0.366 e. The second-order valence-corrected chi connectivity index (χ2v) is 3.21. The maximum atomic E-state index is 5.42. The number of nitrogens with one attached hydrogen (secondary N) is 2. The number of ether oxygens (including phenoxy) is 1. The smallest absolute Gasteiger partial charge is 0.125 e. The van der Waals surface area contributed by atoms with Gasteiger partial charge in [-0.3, -0.25) is 10.9 Å². The maximum absolute atomic E-state index is 5.42. The Labute approximate surface area is 53.7 Å². The van der Waals surface area contributed by atoms with Crippen LogP contribution in [-0.4, -0.2) is 24.3 Å². The van der Waals surface area contributed by atoms with E-state index in [9.17, 15) is 0 Å². The van der Waals surface area contributed by atoms with Crippen LogP contribution in [0.5, 0.6) is 0 Å². The molecule has 1 saturated carbocycles. The molecule has 2 atom stereocenters. The fourth-order valence-corrected chi connectivity index (χ4v) is 2.14.